The van der Waals surface area contributed by atoms with Gasteiger partial charge in [0.05, 0.1) is 5.25 Å². The summed E-state index contributed by atoms with van der Waals surface area (Å²) < 4.78 is 30.3. The van der Waals surface area contributed by atoms with Crippen molar-refractivity contribution in [2.24, 2.45) is 0 Å². The van der Waals surface area contributed by atoms with Gasteiger partial charge in [-0.3, -0.25) is 4.79 Å². The number of nitrogens with one attached hydrogen (secondary N) is 1. The highest BCUT2D eigenvalue weighted by atomic mass is 32.2. The number of amides is 1. The zero-order valence-corrected chi connectivity index (χ0v) is 16.0. The Morgan fingerprint density at radius 3 is 2.32 bits per heavy atom. The summed E-state index contributed by atoms with van der Waals surface area (Å²) in [5.74, 6) is -0.441. The van der Waals surface area contributed by atoms with Gasteiger partial charge in [-0.2, -0.15) is 0 Å². The third kappa shape index (κ3) is 5.52. The van der Waals surface area contributed by atoms with Crippen LogP contribution in [0.4, 0.5) is 0 Å². The number of hydrogen-bond acceptors (Lipinski definition) is 5. The van der Waals surface area contributed by atoms with Crippen molar-refractivity contribution in [3.8, 4) is 0 Å². The molecule has 0 spiro atoms. The van der Waals surface area contributed by atoms with Gasteiger partial charge in [0, 0.05) is 26.3 Å². The smallest absolute Gasteiger partial charge is 0.238 e. The number of ether oxygens (including phenoxy) is 1. The Hall–Kier alpha value is -1.44. The maximum absolute atomic E-state index is 12.6. The standard InChI is InChI=1S/C18H28N2O4S/c1-14(25(22,23)17-8-10-24-11-9-17)18(21)19-12-15-4-6-16(7-5-15)13-20(2)3/h4-7,14,17H,8-13H2,1-3H3,(H,19,21)/t14-/m1/s1. The van der Waals surface area contributed by atoms with E-state index in [0.717, 1.165) is 12.1 Å². The molecular formula is C18H28N2O4S. The van der Waals surface area contributed by atoms with Crippen LogP contribution in [-0.2, 0) is 32.5 Å². The van der Waals surface area contributed by atoms with Crippen molar-refractivity contribution in [1.29, 1.82) is 0 Å². The maximum Gasteiger partial charge on any atom is 0.238 e. The van der Waals surface area contributed by atoms with Gasteiger partial charge in [-0.1, -0.05) is 24.3 Å². The molecule has 6 nitrogen and oxygen atoms in total. The lowest BCUT2D eigenvalue weighted by Crippen LogP contribution is -2.43. The van der Waals surface area contributed by atoms with Crippen LogP contribution in [0.3, 0.4) is 0 Å². The fourth-order valence-electron chi connectivity index (χ4n) is 2.90. The van der Waals surface area contributed by atoms with E-state index in [0.29, 0.717) is 32.6 Å². The fraction of sp³-hybridized carbons (Fsp3) is 0.611. The molecule has 0 bridgehead atoms. The molecular weight excluding hydrogens is 340 g/mol. The van der Waals surface area contributed by atoms with E-state index in [9.17, 15) is 13.2 Å². The van der Waals surface area contributed by atoms with Gasteiger partial charge >= 0.3 is 0 Å². The van der Waals surface area contributed by atoms with Crippen molar-refractivity contribution >= 4 is 15.7 Å². The highest BCUT2D eigenvalue weighted by Gasteiger charge is 2.36. The van der Waals surface area contributed by atoms with Gasteiger partial charge in [-0.05, 0) is 45.0 Å². The van der Waals surface area contributed by atoms with Crippen molar-refractivity contribution in [2.45, 2.75) is 43.4 Å². The minimum Gasteiger partial charge on any atom is -0.381 e. The molecule has 25 heavy (non-hydrogen) atoms. The molecule has 1 fully saturated rings. The molecule has 1 aliphatic heterocycles. The van der Waals surface area contributed by atoms with E-state index < -0.39 is 26.2 Å². The Bertz CT molecular complexity index is 665. The Labute approximate surface area is 150 Å². The molecule has 1 aromatic rings. The van der Waals surface area contributed by atoms with E-state index in [4.69, 9.17) is 4.74 Å². The van der Waals surface area contributed by atoms with Crippen LogP contribution in [0.2, 0.25) is 0 Å². The summed E-state index contributed by atoms with van der Waals surface area (Å²) in [5, 5.41) is 1.23. The number of hydrogen-bond donors (Lipinski definition) is 1. The molecule has 1 aromatic carbocycles. The lowest BCUT2D eigenvalue weighted by Gasteiger charge is -2.25. The Morgan fingerprint density at radius 1 is 1.20 bits per heavy atom. The average Bonchev–Trinajstić information content (AvgIpc) is 2.60. The summed E-state index contributed by atoms with van der Waals surface area (Å²) in [4.78, 5) is 14.4. The van der Waals surface area contributed by atoms with Crippen molar-refractivity contribution in [1.82, 2.24) is 10.2 Å². The molecule has 140 valence electrons. The Kier molecular flexibility index (Phi) is 6.98. The van der Waals surface area contributed by atoms with Crippen molar-refractivity contribution in [2.75, 3.05) is 27.3 Å². The van der Waals surface area contributed by atoms with Gasteiger partial charge in [0.1, 0.15) is 5.25 Å². The summed E-state index contributed by atoms with van der Waals surface area (Å²) in [6.07, 6.45) is 0.931. The molecule has 0 aliphatic carbocycles. The number of carbonyl (C=O) groups is 1. The lowest BCUT2D eigenvalue weighted by molar-refractivity contribution is -0.120. The van der Waals surface area contributed by atoms with Crippen molar-refractivity contribution in [3.63, 3.8) is 0 Å². The van der Waals surface area contributed by atoms with Gasteiger partial charge in [0.25, 0.3) is 0 Å². The largest absolute Gasteiger partial charge is 0.381 e. The molecule has 1 atom stereocenters. The number of nitrogens with zero attached hydrogens (tertiary/aromatic N) is 1. The summed E-state index contributed by atoms with van der Waals surface area (Å²) in [6.45, 7) is 3.54. The first-order valence-electron chi connectivity index (χ1n) is 8.61. The lowest BCUT2D eigenvalue weighted by atomic mass is 10.1. The van der Waals surface area contributed by atoms with Crippen LogP contribution >= 0.6 is 0 Å². The number of sulfone groups is 1. The SMILES string of the molecule is C[C@H](C(=O)NCc1ccc(CN(C)C)cc1)S(=O)(=O)C1CCOCC1. The van der Waals surface area contributed by atoms with Gasteiger partial charge in [-0.15, -0.1) is 0 Å². The third-order valence-corrected chi connectivity index (χ3v) is 7.08. The maximum atomic E-state index is 12.6. The summed E-state index contributed by atoms with van der Waals surface area (Å²) in [5.41, 5.74) is 2.14. The predicted octanol–water partition coefficient (Wildman–Crippen LogP) is 1.35. The molecule has 2 rings (SSSR count). The zero-order valence-electron chi connectivity index (χ0n) is 15.2. The second-order valence-corrected chi connectivity index (χ2v) is 9.37. The number of carbonyl (C=O) groups excluding carboxylic acids is 1. The van der Waals surface area contributed by atoms with Gasteiger partial charge in [0.15, 0.2) is 9.84 Å². The third-order valence-electron chi connectivity index (χ3n) is 4.48. The Morgan fingerprint density at radius 2 is 1.76 bits per heavy atom. The highest BCUT2D eigenvalue weighted by Crippen LogP contribution is 2.20. The quantitative estimate of drug-likeness (QED) is 0.786. The average molecular weight is 368 g/mol. The predicted molar refractivity (Wildman–Crippen MR) is 97.9 cm³/mol. The van der Waals surface area contributed by atoms with Crippen LogP contribution in [0.25, 0.3) is 0 Å². The number of rotatable bonds is 7. The highest BCUT2D eigenvalue weighted by molar-refractivity contribution is 7.93. The van der Waals surface area contributed by atoms with E-state index in [2.05, 4.69) is 10.2 Å². The van der Waals surface area contributed by atoms with Crippen LogP contribution in [0.1, 0.15) is 30.9 Å². The van der Waals surface area contributed by atoms with Crippen LogP contribution in [0, 0.1) is 0 Å². The molecule has 1 aliphatic rings. The molecule has 0 radical (unpaired) electrons. The minimum atomic E-state index is -3.48. The van der Waals surface area contributed by atoms with Gasteiger partial charge < -0.3 is 15.0 Å². The summed E-state index contributed by atoms with van der Waals surface area (Å²) >= 11 is 0. The topological polar surface area (TPSA) is 75.7 Å². The van der Waals surface area contributed by atoms with Crippen LogP contribution in [0.15, 0.2) is 24.3 Å². The summed E-state index contributed by atoms with van der Waals surface area (Å²) in [6, 6.07) is 7.95. The Balaban J connectivity index is 1.90. The normalized spacial score (nSPS) is 17.4. The van der Waals surface area contributed by atoms with Crippen LogP contribution in [-0.4, -0.2) is 57.0 Å². The molecule has 0 saturated carbocycles. The van der Waals surface area contributed by atoms with Crippen LogP contribution < -0.4 is 5.32 Å². The van der Waals surface area contributed by atoms with E-state index in [-0.39, 0.29) is 0 Å². The zero-order chi connectivity index (χ0) is 18.4. The molecule has 0 aromatic heterocycles. The molecule has 7 heteroatoms. The van der Waals surface area contributed by atoms with Gasteiger partial charge in [0.2, 0.25) is 5.91 Å². The van der Waals surface area contributed by atoms with Crippen molar-refractivity contribution < 1.29 is 17.9 Å². The van der Waals surface area contributed by atoms with Crippen LogP contribution in [0.5, 0.6) is 0 Å². The first-order chi connectivity index (χ1) is 11.8. The number of benzene rings is 1. The fourth-order valence-corrected chi connectivity index (χ4v) is 4.71. The first kappa shape index (κ1) is 19.9. The second kappa shape index (κ2) is 8.78. The monoisotopic (exact) mass is 368 g/mol. The van der Waals surface area contributed by atoms with E-state index >= 15 is 0 Å². The van der Waals surface area contributed by atoms with Crippen molar-refractivity contribution in [3.05, 3.63) is 35.4 Å². The minimum absolute atomic E-state index is 0.328. The second-order valence-electron chi connectivity index (χ2n) is 6.82. The molecule has 0 unspecified atom stereocenters. The molecule has 1 saturated heterocycles. The molecule has 1 N–H and O–H groups in total. The first-order valence-corrected chi connectivity index (χ1v) is 10.2. The van der Waals surface area contributed by atoms with E-state index in [1.54, 1.807) is 0 Å². The van der Waals surface area contributed by atoms with E-state index in [1.807, 2.05) is 38.4 Å². The molecule has 1 heterocycles. The van der Waals surface area contributed by atoms with Gasteiger partial charge in [-0.25, -0.2) is 8.42 Å². The molecule has 1 amide bonds. The van der Waals surface area contributed by atoms with E-state index in [1.165, 1.54) is 12.5 Å². The summed E-state index contributed by atoms with van der Waals surface area (Å²) in [7, 11) is 0.533.